The highest BCUT2D eigenvalue weighted by Crippen LogP contribution is 2.41. The Kier molecular flexibility index (Phi) is 7.09. The van der Waals surface area contributed by atoms with Crippen molar-refractivity contribution in [1.29, 1.82) is 0 Å². The summed E-state index contributed by atoms with van der Waals surface area (Å²) in [6.45, 7) is 9.13. The van der Waals surface area contributed by atoms with Crippen molar-refractivity contribution < 1.29 is 4.74 Å². The van der Waals surface area contributed by atoms with E-state index in [1.54, 1.807) is 11.0 Å². The number of tetrazole rings is 1. The van der Waals surface area contributed by atoms with Crippen molar-refractivity contribution in [2.45, 2.75) is 58.7 Å². The molecule has 2 aromatic carbocycles. The van der Waals surface area contributed by atoms with Crippen molar-refractivity contribution in [1.82, 2.24) is 30.5 Å². The van der Waals surface area contributed by atoms with Gasteiger partial charge in [-0.25, -0.2) is 0 Å². The highest BCUT2D eigenvalue weighted by atomic mass is 16.5. The minimum absolute atomic E-state index is 0.0352. The molecule has 0 bridgehead atoms. The maximum absolute atomic E-state index is 5.94. The maximum Gasteiger partial charge on any atom is 0.204 e. The van der Waals surface area contributed by atoms with Crippen molar-refractivity contribution in [3.63, 3.8) is 0 Å². The Balaban J connectivity index is 1.29. The molecule has 1 aliphatic heterocycles. The van der Waals surface area contributed by atoms with E-state index in [4.69, 9.17) is 4.74 Å². The molecule has 1 aliphatic rings. The molecule has 4 aromatic rings. The molecule has 2 atom stereocenters. The van der Waals surface area contributed by atoms with Crippen molar-refractivity contribution in [2.24, 2.45) is 5.41 Å². The van der Waals surface area contributed by atoms with Gasteiger partial charge in [0.05, 0.1) is 12.2 Å². The van der Waals surface area contributed by atoms with Gasteiger partial charge in [0.15, 0.2) is 0 Å². The van der Waals surface area contributed by atoms with E-state index in [2.05, 4.69) is 82.9 Å². The van der Waals surface area contributed by atoms with E-state index in [9.17, 15) is 0 Å². The summed E-state index contributed by atoms with van der Waals surface area (Å²) in [4.78, 5) is 6.03. The summed E-state index contributed by atoms with van der Waals surface area (Å²) in [5.41, 5.74) is 4.45. The van der Waals surface area contributed by atoms with Gasteiger partial charge in [0.25, 0.3) is 0 Å². The van der Waals surface area contributed by atoms with Crippen LogP contribution in [-0.2, 0) is 13.2 Å². The topological polar surface area (TPSA) is 77.8 Å². The van der Waals surface area contributed by atoms with Crippen LogP contribution in [0, 0.1) is 5.41 Å². The lowest BCUT2D eigenvalue weighted by molar-refractivity contribution is 0.301. The highest BCUT2D eigenvalue weighted by molar-refractivity contribution is 5.55. The van der Waals surface area contributed by atoms with Crippen LogP contribution in [0.2, 0.25) is 0 Å². The molecule has 2 aromatic heterocycles. The Morgan fingerprint density at radius 3 is 2.39 bits per heavy atom. The molecule has 186 valence electrons. The van der Waals surface area contributed by atoms with Crippen molar-refractivity contribution in [3.8, 4) is 17.1 Å². The van der Waals surface area contributed by atoms with E-state index in [0.29, 0.717) is 18.5 Å². The number of nitrogens with zero attached hydrogens (tertiary/aromatic N) is 5. The second-order valence-corrected chi connectivity index (χ2v) is 10.6. The lowest BCUT2D eigenvalue weighted by Crippen LogP contribution is -2.27. The van der Waals surface area contributed by atoms with Crippen molar-refractivity contribution >= 4 is 0 Å². The quantitative estimate of drug-likeness (QED) is 0.370. The average molecular weight is 483 g/mol. The number of pyridine rings is 1. The van der Waals surface area contributed by atoms with Crippen LogP contribution >= 0.6 is 0 Å². The molecule has 1 N–H and O–H groups in total. The Morgan fingerprint density at radius 2 is 1.75 bits per heavy atom. The molecule has 5 rings (SSSR count). The van der Waals surface area contributed by atoms with E-state index in [1.165, 1.54) is 17.5 Å². The fraction of sp³-hybridized carbons (Fsp3) is 0.379. The van der Waals surface area contributed by atoms with E-state index >= 15 is 0 Å². The first-order valence-electron chi connectivity index (χ1n) is 12.7. The monoisotopic (exact) mass is 482 g/mol. The summed E-state index contributed by atoms with van der Waals surface area (Å²) in [6, 6.07) is 23.3. The zero-order valence-electron chi connectivity index (χ0n) is 21.3. The van der Waals surface area contributed by atoms with Gasteiger partial charge < -0.3 is 10.1 Å². The summed E-state index contributed by atoms with van der Waals surface area (Å²) in [5.74, 6) is 1.74. The highest BCUT2D eigenvalue weighted by Gasteiger charge is 2.28. The lowest BCUT2D eigenvalue weighted by Gasteiger charge is -2.32. The molecule has 0 aliphatic carbocycles. The minimum atomic E-state index is 0.0352. The molecule has 0 spiro atoms. The number of benzene rings is 2. The molecule has 7 nitrogen and oxygen atoms in total. The number of rotatable bonds is 8. The van der Waals surface area contributed by atoms with Gasteiger partial charge in [0.2, 0.25) is 5.82 Å². The molecule has 1 fully saturated rings. The van der Waals surface area contributed by atoms with E-state index in [1.807, 2.05) is 30.3 Å². The van der Waals surface area contributed by atoms with Gasteiger partial charge in [-0.15, -0.1) is 10.2 Å². The maximum atomic E-state index is 5.94. The van der Waals surface area contributed by atoms with Gasteiger partial charge >= 0.3 is 0 Å². The standard InChI is InChI=1S/C29H34N6O/c1-29(2,3)27(22-13-15-26(16-14-22)36-20-25-7-4-5-17-31-25)21-9-11-23(12-10-21)28-32-34-35(33-28)19-24-8-6-18-30-24/h4-5,7,9-17,24,27,30H,6,8,18-20H2,1-3H3/t24-,27?/m1/s1. The van der Waals surface area contributed by atoms with Crippen LogP contribution in [0.25, 0.3) is 11.4 Å². The first kappa shape index (κ1) is 24.1. The largest absolute Gasteiger partial charge is 0.487 e. The summed E-state index contributed by atoms with van der Waals surface area (Å²) in [6.07, 6.45) is 4.16. The predicted octanol–water partition coefficient (Wildman–Crippen LogP) is 5.24. The van der Waals surface area contributed by atoms with Crippen LogP contribution in [-0.4, -0.2) is 37.8 Å². The molecule has 3 heterocycles. The lowest BCUT2D eigenvalue weighted by atomic mass is 9.72. The molecule has 1 unspecified atom stereocenters. The van der Waals surface area contributed by atoms with Crippen LogP contribution < -0.4 is 10.1 Å². The summed E-state index contributed by atoms with van der Waals surface area (Å²) >= 11 is 0. The molecular weight excluding hydrogens is 448 g/mol. The van der Waals surface area contributed by atoms with Gasteiger partial charge in [0, 0.05) is 23.7 Å². The van der Waals surface area contributed by atoms with E-state index < -0.39 is 0 Å². The normalized spacial score (nSPS) is 16.7. The second kappa shape index (κ2) is 10.6. The molecule has 7 heteroatoms. The average Bonchev–Trinajstić information content (AvgIpc) is 3.57. The third kappa shape index (κ3) is 5.79. The fourth-order valence-electron chi connectivity index (χ4n) is 4.96. The zero-order chi connectivity index (χ0) is 25.0. The smallest absolute Gasteiger partial charge is 0.204 e. The molecule has 0 amide bonds. The third-order valence-electron chi connectivity index (χ3n) is 6.69. The zero-order valence-corrected chi connectivity index (χ0v) is 21.3. The van der Waals surface area contributed by atoms with Gasteiger partial charge in [-0.3, -0.25) is 4.98 Å². The molecule has 0 radical (unpaired) electrons. The van der Waals surface area contributed by atoms with Crippen LogP contribution in [0.4, 0.5) is 0 Å². The van der Waals surface area contributed by atoms with Gasteiger partial charge in [-0.05, 0) is 65.4 Å². The summed E-state index contributed by atoms with van der Waals surface area (Å²) < 4.78 is 5.94. The van der Waals surface area contributed by atoms with Gasteiger partial charge in [0.1, 0.15) is 12.4 Å². The second-order valence-electron chi connectivity index (χ2n) is 10.6. The summed E-state index contributed by atoms with van der Waals surface area (Å²) in [7, 11) is 0. The summed E-state index contributed by atoms with van der Waals surface area (Å²) in [5, 5.41) is 16.7. The number of ether oxygens (including phenoxy) is 1. The van der Waals surface area contributed by atoms with Crippen LogP contribution in [0.5, 0.6) is 5.75 Å². The van der Waals surface area contributed by atoms with Crippen molar-refractivity contribution in [3.05, 3.63) is 89.7 Å². The first-order valence-corrected chi connectivity index (χ1v) is 12.7. The van der Waals surface area contributed by atoms with Crippen molar-refractivity contribution in [2.75, 3.05) is 6.54 Å². The number of hydrogen-bond donors (Lipinski definition) is 1. The third-order valence-corrected chi connectivity index (χ3v) is 6.69. The van der Waals surface area contributed by atoms with E-state index in [0.717, 1.165) is 36.5 Å². The molecule has 36 heavy (non-hydrogen) atoms. The van der Waals surface area contributed by atoms with Crippen LogP contribution in [0.15, 0.2) is 72.9 Å². The SMILES string of the molecule is CC(C)(C)C(c1ccc(OCc2ccccn2)cc1)c1ccc(-c2nnn(C[C@H]3CCCN3)n2)cc1. The van der Waals surface area contributed by atoms with Gasteiger partial charge in [-0.1, -0.05) is 63.2 Å². The number of nitrogens with one attached hydrogen (secondary N) is 1. The Hall–Kier alpha value is -3.58. The minimum Gasteiger partial charge on any atom is -0.487 e. The molecule has 0 saturated carbocycles. The van der Waals surface area contributed by atoms with Crippen LogP contribution in [0.1, 0.15) is 56.4 Å². The van der Waals surface area contributed by atoms with Gasteiger partial charge in [-0.2, -0.15) is 4.80 Å². The molecule has 1 saturated heterocycles. The Labute approximate surface area is 212 Å². The predicted molar refractivity (Wildman–Crippen MR) is 141 cm³/mol. The van der Waals surface area contributed by atoms with Crippen LogP contribution in [0.3, 0.4) is 0 Å². The number of hydrogen-bond acceptors (Lipinski definition) is 6. The Bertz CT molecular complexity index is 1240. The number of aromatic nitrogens is 5. The first-order chi connectivity index (χ1) is 17.5. The molecular formula is C29H34N6O. The Morgan fingerprint density at radius 1 is 1.00 bits per heavy atom. The fourth-order valence-corrected chi connectivity index (χ4v) is 4.96. The van der Waals surface area contributed by atoms with E-state index in [-0.39, 0.29) is 11.3 Å².